The first-order chi connectivity index (χ1) is 8.61. The number of carboxylic acid groups (broad SMARTS) is 1. The summed E-state index contributed by atoms with van der Waals surface area (Å²) in [5.41, 5.74) is 0. The average Bonchev–Trinajstić information content (AvgIpc) is 2.36. The van der Waals surface area contributed by atoms with Crippen molar-refractivity contribution in [2.24, 2.45) is 11.8 Å². The summed E-state index contributed by atoms with van der Waals surface area (Å²) in [6.45, 7) is 5.49. The Kier molecular flexibility index (Phi) is 7.33. The molecule has 1 saturated carbocycles. The van der Waals surface area contributed by atoms with Crippen molar-refractivity contribution < 1.29 is 9.90 Å². The van der Waals surface area contributed by atoms with Crippen LogP contribution in [0.4, 0.5) is 0 Å². The van der Waals surface area contributed by atoms with Gasteiger partial charge in [-0.05, 0) is 44.1 Å². The normalized spacial score (nSPS) is 25.9. The van der Waals surface area contributed by atoms with E-state index in [0.29, 0.717) is 18.4 Å². The molecule has 0 aromatic heterocycles. The summed E-state index contributed by atoms with van der Waals surface area (Å²) in [5.74, 6) is 0.757. The molecule has 2 N–H and O–H groups in total. The Morgan fingerprint density at radius 1 is 1.39 bits per heavy atom. The first-order valence-electron chi connectivity index (χ1n) is 7.57. The fourth-order valence-corrected chi connectivity index (χ4v) is 2.90. The van der Waals surface area contributed by atoms with Crippen LogP contribution in [0.25, 0.3) is 0 Å². The SMILES string of the molecule is CCC1CCCC(NCCC(C)CCC(=O)O)C1. The third-order valence-corrected chi connectivity index (χ3v) is 4.28. The van der Waals surface area contributed by atoms with E-state index in [0.717, 1.165) is 25.3 Å². The maximum Gasteiger partial charge on any atom is 0.303 e. The molecule has 106 valence electrons. The molecule has 0 aromatic carbocycles. The molecular formula is C15H29NO2. The van der Waals surface area contributed by atoms with Crippen molar-refractivity contribution >= 4 is 5.97 Å². The van der Waals surface area contributed by atoms with E-state index in [9.17, 15) is 4.79 Å². The molecule has 0 spiro atoms. The minimum Gasteiger partial charge on any atom is -0.481 e. The third-order valence-electron chi connectivity index (χ3n) is 4.28. The number of aliphatic carboxylic acids is 1. The van der Waals surface area contributed by atoms with Crippen LogP contribution in [0.1, 0.15) is 65.2 Å². The van der Waals surface area contributed by atoms with E-state index in [2.05, 4.69) is 19.2 Å². The van der Waals surface area contributed by atoms with E-state index in [1.807, 2.05) is 0 Å². The predicted octanol–water partition coefficient (Wildman–Crippen LogP) is 3.44. The van der Waals surface area contributed by atoms with Gasteiger partial charge in [0.05, 0.1) is 0 Å². The van der Waals surface area contributed by atoms with Crippen molar-refractivity contribution in [3.63, 3.8) is 0 Å². The fourth-order valence-electron chi connectivity index (χ4n) is 2.90. The number of hydrogen-bond acceptors (Lipinski definition) is 2. The van der Waals surface area contributed by atoms with Gasteiger partial charge in [-0.2, -0.15) is 0 Å². The molecule has 3 unspecified atom stereocenters. The molecule has 1 aliphatic carbocycles. The van der Waals surface area contributed by atoms with Crippen molar-refractivity contribution in [2.75, 3.05) is 6.54 Å². The van der Waals surface area contributed by atoms with Gasteiger partial charge in [-0.25, -0.2) is 0 Å². The van der Waals surface area contributed by atoms with Gasteiger partial charge in [-0.1, -0.05) is 33.1 Å². The van der Waals surface area contributed by atoms with Crippen LogP contribution in [-0.4, -0.2) is 23.7 Å². The molecule has 0 bridgehead atoms. The fraction of sp³-hybridized carbons (Fsp3) is 0.933. The van der Waals surface area contributed by atoms with Crippen molar-refractivity contribution in [3.8, 4) is 0 Å². The molecule has 0 radical (unpaired) electrons. The van der Waals surface area contributed by atoms with E-state index in [1.54, 1.807) is 0 Å². The van der Waals surface area contributed by atoms with Crippen molar-refractivity contribution in [1.29, 1.82) is 0 Å². The maximum atomic E-state index is 10.5. The highest BCUT2D eigenvalue weighted by Crippen LogP contribution is 2.26. The van der Waals surface area contributed by atoms with Crippen LogP contribution < -0.4 is 5.32 Å². The summed E-state index contributed by atoms with van der Waals surface area (Å²) in [6.07, 6.45) is 8.95. The lowest BCUT2D eigenvalue weighted by atomic mass is 9.84. The molecule has 0 aliphatic heterocycles. The average molecular weight is 255 g/mol. The van der Waals surface area contributed by atoms with Crippen molar-refractivity contribution in [1.82, 2.24) is 5.32 Å². The zero-order valence-corrected chi connectivity index (χ0v) is 12.0. The topological polar surface area (TPSA) is 49.3 Å². The minimum atomic E-state index is -0.673. The zero-order chi connectivity index (χ0) is 13.4. The summed E-state index contributed by atoms with van der Waals surface area (Å²) in [5, 5.41) is 12.3. The minimum absolute atomic E-state index is 0.308. The lowest BCUT2D eigenvalue weighted by molar-refractivity contribution is -0.137. The lowest BCUT2D eigenvalue weighted by Crippen LogP contribution is -2.35. The molecule has 18 heavy (non-hydrogen) atoms. The van der Waals surface area contributed by atoms with Crippen LogP contribution in [0.15, 0.2) is 0 Å². The van der Waals surface area contributed by atoms with E-state index in [4.69, 9.17) is 5.11 Å². The summed E-state index contributed by atoms with van der Waals surface area (Å²) in [6, 6.07) is 0.704. The van der Waals surface area contributed by atoms with Crippen LogP contribution in [0.2, 0.25) is 0 Å². The van der Waals surface area contributed by atoms with Gasteiger partial charge in [0.25, 0.3) is 0 Å². The summed E-state index contributed by atoms with van der Waals surface area (Å²) in [4.78, 5) is 10.5. The highest BCUT2D eigenvalue weighted by atomic mass is 16.4. The van der Waals surface area contributed by atoms with E-state index in [1.165, 1.54) is 32.1 Å². The molecule has 3 nitrogen and oxygen atoms in total. The predicted molar refractivity (Wildman–Crippen MR) is 74.7 cm³/mol. The highest BCUT2D eigenvalue weighted by molar-refractivity contribution is 5.66. The Labute approximate surface area is 111 Å². The number of carbonyl (C=O) groups is 1. The molecule has 3 heteroatoms. The summed E-state index contributed by atoms with van der Waals surface area (Å²) < 4.78 is 0. The molecule has 0 heterocycles. The molecule has 1 aliphatic rings. The smallest absolute Gasteiger partial charge is 0.303 e. The van der Waals surface area contributed by atoms with Crippen molar-refractivity contribution in [2.45, 2.75) is 71.3 Å². The number of rotatable bonds is 8. The third kappa shape index (κ3) is 6.39. The van der Waals surface area contributed by atoms with Gasteiger partial charge in [0, 0.05) is 12.5 Å². The first kappa shape index (κ1) is 15.5. The van der Waals surface area contributed by atoms with Crippen LogP contribution in [0.3, 0.4) is 0 Å². The van der Waals surface area contributed by atoms with Gasteiger partial charge in [-0.15, -0.1) is 0 Å². The van der Waals surface area contributed by atoms with Crippen LogP contribution in [0.5, 0.6) is 0 Å². The Bertz CT molecular complexity index is 243. The Balaban J connectivity index is 2.07. The maximum absolute atomic E-state index is 10.5. The number of carboxylic acids is 1. The van der Waals surface area contributed by atoms with Gasteiger partial charge in [0.15, 0.2) is 0 Å². The highest BCUT2D eigenvalue weighted by Gasteiger charge is 2.20. The monoisotopic (exact) mass is 255 g/mol. The van der Waals surface area contributed by atoms with Gasteiger partial charge in [-0.3, -0.25) is 4.79 Å². The Morgan fingerprint density at radius 2 is 2.17 bits per heavy atom. The van der Waals surface area contributed by atoms with E-state index >= 15 is 0 Å². The second-order valence-electron chi connectivity index (χ2n) is 5.92. The Hall–Kier alpha value is -0.570. The molecular weight excluding hydrogens is 226 g/mol. The van der Waals surface area contributed by atoms with Gasteiger partial charge in [0.1, 0.15) is 0 Å². The summed E-state index contributed by atoms with van der Waals surface area (Å²) in [7, 11) is 0. The Morgan fingerprint density at radius 3 is 2.83 bits per heavy atom. The molecule has 0 saturated heterocycles. The largest absolute Gasteiger partial charge is 0.481 e. The second-order valence-corrected chi connectivity index (χ2v) is 5.92. The molecule has 1 fully saturated rings. The zero-order valence-electron chi connectivity index (χ0n) is 12.0. The van der Waals surface area contributed by atoms with E-state index in [-0.39, 0.29) is 0 Å². The van der Waals surface area contributed by atoms with Crippen molar-refractivity contribution in [3.05, 3.63) is 0 Å². The molecule has 3 atom stereocenters. The first-order valence-corrected chi connectivity index (χ1v) is 7.57. The second kappa shape index (κ2) is 8.52. The van der Waals surface area contributed by atoms with Crippen LogP contribution in [-0.2, 0) is 4.79 Å². The standard InChI is InChI=1S/C15H29NO2/c1-3-13-5-4-6-14(11-13)16-10-9-12(2)7-8-15(17)18/h12-14,16H,3-11H2,1-2H3,(H,17,18). The van der Waals surface area contributed by atoms with Crippen LogP contribution in [0, 0.1) is 11.8 Å². The quantitative estimate of drug-likeness (QED) is 0.698. The van der Waals surface area contributed by atoms with Gasteiger partial charge < -0.3 is 10.4 Å². The van der Waals surface area contributed by atoms with Crippen LogP contribution >= 0.6 is 0 Å². The van der Waals surface area contributed by atoms with Gasteiger partial charge >= 0.3 is 5.97 Å². The van der Waals surface area contributed by atoms with E-state index < -0.39 is 5.97 Å². The number of hydrogen-bond donors (Lipinski definition) is 2. The lowest BCUT2D eigenvalue weighted by Gasteiger charge is -2.29. The molecule has 1 rings (SSSR count). The molecule has 0 amide bonds. The summed E-state index contributed by atoms with van der Waals surface area (Å²) >= 11 is 0. The van der Waals surface area contributed by atoms with Gasteiger partial charge in [0.2, 0.25) is 0 Å². The molecule has 0 aromatic rings. The number of nitrogens with one attached hydrogen (secondary N) is 1.